The predicted octanol–water partition coefficient (Wildman–Crippen LogP) is 5.36. The van der Waals surface area contributed by atoms with Gasteiger partial charge in [0.2, 0.25) is 0 Å². The van der Waals surface area contributed by atoms with Crippen LogP contribution < -0.4 is 0 Å². The largest absolute Gasteiger partial charge is 0.508 e. The second-order valence-corrected chi connectivity index (χ2v) is 7.30. The fourth-order valence-electron chi connectivity index (χ4n) is 4.14. The third-order valence-corrected chi connectivity index (χ3v) is 5.55. The van der Waals surface area contributed by atoms with Gasteiger partial charge in [-0.2, -0.15) is 0 Å². The molecule has 1 aromatic carbocycles. The Balaban J connectivity index is 2.07. The van der Waals surface area contributed by atoms with Crippen molar-refractivity contribution in [1.82, 2.24) is 0 Å². The molecule has 2 aliphatic rings. The van der Waals surface area contributed by atoms with Gasteiger partial charge in [-0.15, -0.1) is 13.2 Å². The SMILES string of the molecule is C=CCC1=CC(c2cc(CC=C)ccc2O)C(O)(C2CC=CCC2)C=C1. The van der Waals surface area contributed by atoms with E-state index >= 15 is 0 Å². The molecule has 3 unspecified atom stereocenters. The number of phenolic OH excluding ortho intramolecular Hbond substituents is 1. The Hall–Kier alpha value is -2.32. The summed E-state index contributed by atoms with van der Waals surface area (Å²) in [5, 5.41) is 22.3. The molecule has 2 nitrogen and oxygen atoms in total. The Morgan fingerprint density at radius 1 is 1.15 bits per heavy atom. The van der Waals surface area contributed by atoms with E-state index in [1.54, 1.807) is 6.07 Å². The van der Waals surface area contributed by atoms with Gasteiger partial charge in [0.05, 0.1) is 5.60 Å². The molecule has 3 rings (SSSR count). The van der Waals surface area contributed by atoms with Crippen molar-refractivity contribution in [2.45, 2.75) is 43.6 Å². The fourth-order valence-corrected chi connectivity index (χ4v) is 4.14. The number of rotatable bonds is 6. The van der Waals surface area contributed by atoms with E-state index in [1.807, 2.05) is 36.4 Å². The van der Waals surface area contributed by atoms with E-state index in [0.717, 1.165) is 48.8 Å². The van der Waals surface area contributed by atoms with Crippen molar-refractivity contribution in [2.75, 3.05) is 0 Å². The molecule has 0 radical (unpaired) electrons. The van der Waals surface area contributed by atoms with Crippen LogP contribution >= 0.6 is 0 Å². The van der Waals surface area contributed by atoms with Crippen LogP contribution in [0.2, 0.25) is 0 Å². The van der Waals surface area contributed by atoms with Gasteiger partial charge in [0, 0.05) is 11.5 Å². The Morgan fingerprint density at radius 3 is 2.65 bits per heavy atom. The van der Waals surface area contributed by atoms with E-state index in [9.17, 15) is 10.2 Å². The molecule has 3 atom stereocenters. The molecule has 2 N–H and O–H groups in total. The van der Waals surface area contributed by atoms with Crippen molar-refractivity contribution >= 4 is 0 Å². The van der Waals surface area contributed by atoms with Crippen LogP contribution in [0.5, 0.6) is 5.75 Å². The summed E-state index contributed by atoms with van der Waals surface area (Å²) in [6.45, 7) is 7.63. The summed E-state index contributed by atoms with van der Waals surface area (Å²) in [5.74, 6) is 0.0959. The highest BCUT2D eigenvalue weighted by Gasteiger charge is 2.43. The lowest BCUT2D eigenvalue weighted by atomic mass is 9.66. The first-order valence-electron chi connectivity index (χ1n) is 9.39. The average Bonchev–Trinajstić information content (AvgIpc) is 2.66. The zero-order chi connectivity index (χ0) is 18.6. The standard InChI is InChI=1S/C24H28O2/c1-3-8-18-12-13-23(25)21(16-18)22-17-19(9-4-2)14-15-24(22,26)20-10-6-5-7-11-20/h3-6,12-17,20,22,25-26H,1-2,7-11H2. The summed E-state index contributed by atoms with van der Waals surface area (Å²) in [6, 6.07) is 5.65. The molecule has 0 fully saturated rings. The van der Waals surface area contributed by atoms with Gasteiger partial charge in [-0.3, -0.25) is 0 Å². The maximum absolute atomic E-state index is 11.7. The summed E-state index contributed by atoms with van der Waals surface area (Å²) < 4.78 is 0. The lowest BCUT2D eigenvalue weighted by molar-refractivity contribution is 0.00824. The molecule has 0 saturated carbocycles. The van der Waals surface area contributed by atoms with Gasteiger partial charge in [0.25, 0.3) is 0 Å². The minimum absolute atomic E-state index is 0.137. The Kier molecular flexibility index (Phi) is 5.63. The quantitative estimate of drug-likeness (QED) is 0.679. The molecule has 0 saturated heterocycles. The average molecular weight is 348 g/mol. The van der Waals surface area contributed by atoms with Crippen LogP contribution in [0.3, 0.4) is 0 Å². The second-order valence-electron chi connectivity index (χ2n) is 7.30. The maximum atomic E-state index is 11.7. The summed E-state index contributed by atoms with van der Waals surface area (Å²) in [7, 11) is 0. The first-order valence-corrected chi connectivity index (χ1v) is 9.39. The van der Waals surface area contributed by atoms with E-state index in [1.165, 1.54) is 0 Å². The van der Waals surface area contributed by atoms with E-state index in [-0.39, 0.29) is 17.6 Å². The number of aliphatic hydroxyl groups is 1. The lowest BCUT2D eigenvalue weighted by Crippen LogP contribution is -2.43. The first kappa shape index (κ1) is 18.5. The Morgan fingerprint density at radius 2 is 1.96 bits per heavy atom. The third-order valence-electron chi connectivity index (χ3n) is 5.55. The normalized spacial score (nSPS) is 27.8. The predicted molar refractivity (Wildman–Crippen MR) is 108 cm³/mol. The topological polar surface area (TPSA) is 40.5 Å². The first-order chi connectivity index (χ1) is 12.6. The summed E-state index contributed by atoms with van der Waals surface area (Å²) in [5.41, 5.74) is 1.99. The maximum Gasteiger partial charge on any atom is 0.119 e. The smallest absolute Gasteiger partial charge is 0.119 e. The summed E-state index contributed by atoms with van der Waals surface area (Å²) >= 11 is 0. The van der Waals surface area contributed by atoms with Gasteiger partial charge in [0.1, 0.15) is 5.75 Å². The molecule has 0 heterocycles. The van der Waals surface area contributed by atoms with Crippen LogP contribution in [0, 0.1) is 5.92 Å². The van der Waals surface area contributed by atoms with Gasteiger partial charge < -0.3 is 10.2 Å². The molecule has 136 valence electrons. The van der Waals surface area contributed by atoms with Crippen molar-refractivity contribution in [3.8, 4) is 5.75 Å². The van der Waals surface area contributed by atoms with Gasteiger partial charge >= 0.3 is 0 Å². The van der Waals surface area contributed by atoms with Gasteiger partial charge in [-0.25, -0.2) is 0 Å². The van der Waals surface area contributed by atoms with Crippen molar-refractivity contribution in [3.05, 3.63) is 90.6 Å². The molecular weight excluding hydrogens is 320 g/mol. The molecule has 26 heavy (non-hydrogen) atoms. The molecular formula is C24H28O2. The van der Waals surface area contributed by atoms with Gasteiger partial charge in [-0.1, -0.05) is 54.7 Å². The number of hydrogen-bond donors (Lipinski definition) is 2. The number of benzene rings is 1. The Labute approximate surface area is 156 Å². The fraction of sp³-hybridized carbons (Fsp3) is 0.333. The molecule has 0 amide bonds. The van der Waals surface area contributed by atoms with E-state index in [2.05, 4.69) is 31.4 Å². The summed E-state index contributed by atoms with van der Waals surface area (Å²) in [4.78, 5) is 0. The third kappa shape index (κ3) is 3.61. The van der Waals surface area contributed by atoms with Crippen LogP contribution in [0.1, 0.15) is 42.7 Å². The molecule has 1 aromatic rings. The van der Waals surface area contributed by atoms with Crippen LogP contribution in [0.25, 0.3) is 0 Å². The van der Waals surface area contributed by atoms with Crippen LogP contribution in [0.15, 0.2) is 79.5 Å². The van der Waals surface area contributed by atoms with Crippen molar-refractivity contribution < 1.29 is 10.2 Å². The Bertz CT molecular complexity index is 768. The molecule has 2 heteroatoms. The minimum atomic E-state index is -1.00. The van der Waals surface area contributed by atoms with Crippen LogP contribution in [-0.4, -0.2) is 15.8 Å². The second kappa shape index (κ2) is 7.92. The van der Waals surface area contributed by atoms with Gasteiger partial charge in [0.15, 0.2) is 0 Å². The highest BCUT2D eigenvalue weighted by molar-refractivity contribution is 5.48. The highest BCUT2D eigenvalue weighted by Crippen LogP contribution is 2.47. The van der Waals surface area contributed by atoms with E-state index in [0.29, 0.717) is 0 Å². The van der Waals surface area contributed by atoms with Crippen LogP contribution in [0.4, 0.5) is 0 Å². The molecule has 0 spiro atoms. The van der Waals surface area contributed by atoms with Gasteiger partial charge in [-0.05, 0) is 55.2 Å². The number of aromatic hydroxyl groups is 1. The lowest BCUT2D eigenvalue weighted by Gasteiger charge is -2.42. The van der Waals surface area contributed by atoms with Crippen molar-refractivity contribution in [2.24, 2.45) is 5.92 Å². The highest BCUT2D eigenvalue weighted by atomic mass is 16.3. The number of hydrogen-bond acceptors (Lipinski definition) is 2. The van der Waals surface area contributed by atoms with E-state index in [4.69, 9.17) is 0 Å². The molecule has 0 aliphatic heterocycles. The number of phenols is 1. The van der Waals surface area contributed by atoms with Crippen LogP contribution in [-0.2, 0) is 6.42 Å². The molecule has 0 bridgehead atoms. The molecule has 0 aromatic heterocycles. The zero-order valence-corrected chi connectivity index (χ0v) is 15.3. The monoisotopic (exact) mass is 348 g/mol. The van der Waals surface area contributed by atoms with Crippen molar-refractivity contribution in [1.29, 1.82) is 0 Å². The van der Waals surface area contributed by atoms with E-state index < -0.39 is 5.60 Å². The minimum Gasteiger partial charge on any atom is -0.508 e. The zero-order valence-electron chi connectivity index (χ0n) is 15.3. The number of allylic oxidation sites excluding steroid dienone is 6. The molecule has 2 aliphatic carbocycles. The van der Waals surface area contributed by atoms with Crippen molar-refractivity contribution in [3.63, 3.8) is 0 Å². The summed E-state index contributed by atoms with van der Waals surface area (Å²) in [6.07, 6.45) is 18.4.